The molecule has 0 aromatic carbocycles. The Morgan fingerprint density at radius 2 is 1.20 bits per heavy atom. The summed E-state index contributed by atoms with van der Waals surface area (Å²) in [6, 6.07) is 0. The van der Waals surface area contributed by atoms with Crippen molar-refractivity contribution in [1.29, 1.82) is 0 Å². The van der Waals surface area contributed by atoms with Gasteiger partial charge < -0.3 is 25.3 Å². The fourth-order valence-electron chi connectivity index (χ4n) is 3.33. The maximum Gasteiger partial charge on any atom is 0.323 e. The number of aliphatic hydroxyl groups is 3. The zero-order valence-corrected chi connectivity index (χ0v) is 22.2. The minimum atomic E-state index is -0.962. The molecule has 0 aromatic rings. The van der Waals surface area contributed by atoms with Gasteiger partial charge >= 0.3 is 5.97 Å². The highest BCUT2D eigenvalue weighted by molar-refractivity contribution is 5.80. The van der Waals surface area contributed by atoms with Gasteiger partial charge in [-0.15, -0.1) is 0 Å². The molecule has 1 amide bonds. The Bertz CT molecular complexity index is 525. The number of hydrogen-bond donors (Lipinski definition) is 4. The van der Waals surface area contributed by atoms with Crippen LogP contribution in [0.5, 0.6) is 0 Å². The number of amides is 1. The van der Waals surface area contributed by atoms with Crippen molar-refractivity contribution in [3.8, 4) is 0 Å². The van der Waals surface area contributed by atoms with Crippen LogP contribution >= 0.6 is 0 Å². The topological polar surface area (TPSA) is 122 Å². The van der Waals surface area contributed by atoms with E-state index in [1.807, 2.05) is 0 Å². The van der Waals surface area contributed by atoms with Crippen molar-refractivity contribution < 1.29 is 30.0 Å². The Morgan fingerprint density at radius 3 is 1.69 bits per heavy atom. The van der Waals surface area contributed by atoms with E-state index in [1.54, 1.807) is 11.9 Å². The Morgan fingerprint density at radius 1 is 0.714 bits per heavy atom. The number of carboxylic acid groups (broad SMARTS) is 1. The first-order chi connectivity index (χ1) is 16.9. The third-order valence-corrected chi connectivity index (χ3v) is 5.39. The van der Waals surface area contributed by atoms with Crippen molar-refractivity contribution in [1.82, 2.24) is 9.80 Å². The zero-order valence-electron chi connectivity index (χ0n) is 22.2. The first-order valence-corrected chi connectivity index (χ1v) is 13.2. The van der Waals surface area contributed by atoms with Gasteiger partial charge in [0.25, 0.3) is 0 Å². The lowest BCUT2D eigenvalue weighted by molar-refractivity contribution is -0.143. The molecular formula is C27H52N2O6. The van der Waals surface area contributed by atoms with E-state index < -0.39 is 5.97 Å². The second-order valence-electron chi connectivity index (χ2n) is 8.64. The lowest BCUT2D eigenvalue weighted by atomic mass is 10.1. The molecule has 0 atom stereocenters. The third-order valence-electron chi connectivity index (χ3n) is 5.39. The Hall–Kier alpha value is -1.74. The van der Waals surface area contributed by atoms with Gasteiger partial charge in [-0.05, 0) is 38.5 Å². The third kappa shape index (κ3) is 28.4. The summed E-state index contributed by atoms with van der Waals surface area (Å²) in [5, 5.41) is 34.1. The first-order valence-electron chi connectivity index (χ1n) is 13.2. The second-order valence-corrected chi connectivity index (χ2v) is 8.64. The largest absolute Gasteiger partial charge is 0.480 e. The van der Waals surface area contributed by atoms with Gasteiger partial charge in [-0.1, -0.05) is 63.3 Å². The van der Waals surface area contributed by atoms with Crippen molar-refractivity contribution in [2.24, 2.45) is 0 Å². The van der Waals surface area contributed by atoms with E-state index in [4.69, 9.17) is 20.4 Å². The van der Waals surface area contributed by atoms with Gasteiger partial charge in [-0.2, -0.15) is 0 Å². The molecule has 8 nitrogen and oxygen atoms in total. The lowest BCUT2D eigenvalue weighted by Crippen LogP contribution is -2.32. The fourth-order valence-corrected chi connectivity index (χ4v) is 3.33. The van der Waals surface area contributed by atoms with Crippen LogP contribution in [0.1, 0.15) is 84.0 Å². The van der Waals surface area contributed by atoms with Crippen LogP contribution in [0.2, 0.25) is 0 Å². The highest BCUT2D eigenvalue weighted by atomic mass is 16.4. The van der Waals surface area contributed by atoms with Gasteiger partial charge in [0.15, 0.2) is 0 Å². The Kier molecular flexibility index (Phi) is 28.8. The minimum absolute atomic E-state index is 0.0694. The summed E-state index contributed by atoms with van der Waals surface area (Å²) in [6.45, 7) is 3.77. The molecule has 35 heavy (non-hydrogen) atoms. The molecule has 4 N–H and O–H groups in total. The molecule has 0 saturated carbocycles. The number of carboxylic acids is 1. The molecular weight excluding hydrogens is 448 g/mol. The normalized spacial score (nSPS) is 11.3. The monoisotopic (exact) mass is 500 g/mol. The molecule has 0 radical (unpaired) electrons. The van der Waals surface area contributed by atoms with E-state index in [0.29, 0.717) is 26.1 Å². The number of likely N-dealkylation sites (N-methyl/N-ethyl adjacent to an activating group) is 1. The number of aliphatic hydroxyl groups excluding tert-OH is 3. The molecule has 0 fully saturated rings. The van der Waals surface area contributed by atoms with Crippen LogP contribution in [0.3, 0.4) is 0 Å². The Balaban J connectivity index is 0. The van der Waals surface area contributed by atoms with Gasteiger partial charge in [0.1, 0.15) is 6.54 Å². The first kappa shape index (κ1) is 35.4. The van der Waals surface area contributed by atoms with Crippen LogP contribution in [0.4, 0.5) is 0 Å². The average Bonchev–Trinajstić information content (AvgIpc) is 2.82. The summed E-state index contributed by atoms with van der Waals surface area (Å²) in [6.07, 6.45) is 22.2. The van der Waals surface area contributed by atoms with E-state index in [0.717, 1.165) is 32.1 Å². The predicted octanol–water partition coefficient (Wildman–Crippen LogP) is 3.61. The highest BCUT2D eigenvalue weighted by Crippen LogP contribution is 2.09. The molecule has 0 rings (SSSR count). The molecule has 0 aliphatic carbocycles. The van der Waals surface area contributed by atoms with Crippen LogP contribution in [-0.4, -0.2) is 95.1 Å². The summed E-state index contributed by atoms with van der Waals surface area (Å²) in [5.41, 5.74) is 0. The number of rotatable bonds is 22. The molecule has 0 spiro atoms. The van der Waals surface area contributed by atoms with Crippen LogP contribution < -0.4 is 0 Å². The minimum Gasteiger partial charge on any atom is -0.480 e. The van der Waals surface area contributed by atoms with Gasteiger partial charge in [0.05, 0.1) is 19.8 Å². The highest BCUT2D eigenvalue weighted by Gasteiger charge is 2.10. The molecule has 0 aliphatic rings. The predicted molar refractivity (Wildman–Crippen MR) is 142 cm³/mol. The molecule has 0 saturated heterocycles. The number of hydrogen-bond acceptors (Lipinski definition) is 6. The summed E-state index contributed by atoms with van der Waals surface area (Å²) < 4.78 is 0. The molecule has 0 aromatic heterocycles. The molecule has 206 valence electrons. The standard InChI is InChI=1S/C21H37NO3.C6H15NO3/c1-3-4-5-6-7-8-9-10-11-12-13-14-15-16-17-18-20(23)22(2)19-21(24)25;8-4-1-7(2-5-9)3-6-10/h7-8,10-11H,3-6,9,12-19H2,1-2H3,(H,24,25);8-10H,1-6H2/b8-7-,11-10-;. The quantitative estimate of drug-likeness (QED) is 0.132. The molecule has 0 heterocycles. The van der Waals surface area contributed by atoms with Crippen molar-refractivity contribution in [3.63, 3.8) is 0 Å². The van der Waals surface area contributed by atoms with Gasteiger partial charge in [0.2, 0.25) is 5.91 Å². The van der Waals surface area contributed by atoms with Gasteiger partial charge in [0, 0.05) is 33.1 Å². The fraction of sp³-hybridized carbons (Fsp3) is 0.778. The number of aliphatic carboxylic acids is 1. The molecule has 0 aliphatic heterocycles. The summed E-state index contributed by atoms with van der Waals surface area (Å²) >= 11 is 0. The summed E-state index contributed by atoms with van der Waals surface area (Å²) in [4.78, 5) is 25.3. The van der Waals surface area contributed by atoms with E-state index in [1.165, 1.54) is 43.4 Å². The van der Waals surface area contributed by atoms with Gasteiger partial charge in [-0.3, -0.25) is 14.5 Å². The number of allylic oxidation sites excluding steroid dienone is 4. The average molecular weight is 501 g/mol. The smallest absolute Gasteiger partial charge is 0.323 e. The summed E-state index contributed by atoms with van der Waals surface area (Å²) in [7, 11) is 1.54. The Labute approximate surface area is 213 Å². The van der Waals surface area contributed by atoms with Crippen molar-refractivity contribution in [3.05, 3.63) is 24.3 Å². The zero-order chi connectivity index (χ0) is 26.6. The second kappa shape index (κ2) is 28.5. The van der Waals surface area contributed by atoms with Crippen LogP contribution in [0, 0.1) is 0 Å². The maximum atomic E-state index is 11.7. The molecule has 0 bridgehead atoms. The van der Waals surface area contributed by atoms with Gasteiger partial charge in [-0.25, -0.2) is 0 Å². The van der Waals surface area contributed by atoms with Crippen LogP contribution in [0.25, 0.3) is 0 Å². The summed E-state index contributed by atoms with van der Waals surface area (Å²) in [5.74, 6) is -1.04. The van der Waals surface area contributed by atoms with Crippen molar-refractivity contribution in [2.75, 3.05) is 53.0 Å². The van der Waals surface area contributed by atoms with E-state index >= 15 is 0 Å². The van der Waals surface area contributed by atoms with Crippen LogP contribution in [0.15, 0.2) is 24.3 Å². The van der Waals surface area contributed by atoms with Crippen molar-refractivity contribution in [2.45, 2.75) is 84.0 Å². The van der Waals surface area contributed by atoms with E-state index in [9.17, 15) is 9.59 Å². The molecule has 8 heteroatoms. The van der Waals surface area contributed by atoms with E-state index in [2.05, 4.69) is 31.2 Å². The number of nitrogens with zero attached hydrogens (tertiary/aromatic N) is 2. The number of carbonyl (C=O) groups is 2. The number of carbonyl (C=O) groups excluding carboxylic acids is 1. The lowest BCUT2D eigenvalue weighted by Gasteiger charge is -2.17. The molecule has 0 unspecified atom stereocenters. The van der Waals surface area contributed by atoms with Crippen LogP contribution in [-0.2, 0) is 9.59 Å². The maximum absolute atomic E-state index is 11.7. The van der Waals surface area contributed by atoms with E-state index in [-0.39, 0.29) is 32.3 Å². The SMILES string of the molecule is CCCCC/C=C\C/C=C\CCCCCCCC(=O)N(C)CC(=O)O.OCCN(CCO)CCO. The van der Waals surface area contributed by atoms with Crippen molar-refractivity contribution >= 4 is 11.9 Å². The number of unbranched alkanes of at least 4 members (excludes halogenated alkanes) is 8.